The lowest BCUT2D eigenvalue weighted by Gasteiger charge is -2.50. The zero-order valence-electron chi connectivity index (χ0n) is 17.1. The van der Waals surface area contributed by atoms with E-state index in [2.05, 4.69) is 51.6 Å². The molecule has 2 aliphatic heterocycles. The van der Waals surface area contributed by atoms with E-state index in [4.69, 9.17) is 0 Å². The van der Waals surface area contributed by atoms with Crippen molar-refractivity contribution in [2.24, 2.45) is 0 Å². The largest absolute Gasteiger partial charge is 0.391 e. The van der Waals surface area contributed by atoms with Crippen LogP contribution in [0, 0.1) is 0 Å². The number of aliphatic hydroxyl groups is 1. The van der Waals surface area contributed by atoms with E-state index in [1.807, 2.05) is 11.0 Å². The van der Waals surface area contributed by atoms with E-state index < -0.39 is 6.10 Å². The summed E-state index contributed by atoms with van der Waals surface area (Å²) < 4.78 is 0. The van der Waals surface area contributed by atoms with Gasteiger partial charge in [0.25, 0.3) is 0 Å². The molecular formula is C23H31N3O2S. The number of benzene rings is 1. The Hall–Kier alpha value is -1.73. The van der Waals surface area contributed by atoms with E-state index in [9.17, 15) is 9.90 Å². The van der Waals surface area contributed by atoms with Gasteiger partial charge in [0, 0.05) is 44.5 Å². The maximum absolute atomic E-state index is 12.5. The number of thiophene rings is 1. The van der Waals surface area contributed by atoms with Crippen LogP contribution in [0.4, 0.5) is 0 Å². The minimum absolute atomic E-state index is 0.0141. The summed E-state index contributed by atoms with van der Waals surface area (Å²) in [4.78, 5) is 20.7. The minimum atomic E-state index is -0.402. The van der Waals surface area contributed by atoms with Gasteiger partial charge in [-0.15, -0.1) is 11.3 Å². The lowest BCUT2D eigenvalue weighted by Crippen LogP contribution is -2.66. The van der Waals surface area contributed by atoms with Crippen molar-refractivity contribution in [3.63, 3.8) is 0 Å². The standard InChI is InChI=1S/C23H31N3O2S/c1-18(27)26-13-12-24(16-20-9-6-14-29-20)17-21(26)23-22(28)10-5-11-25(23)15-19-7-3-2-4-8-19/h2-4,6-9,14,21-23,28H,5,10-13,15-17H2,1H3. The third kappa shape index (κ3) is 4.89. The van der Waals surface area contributed by atoms with Crippen molar-refractivity contribution in [2.75, 3.05) is 26.2 Å². The van der Waals surface area contributed by atoms with Crippen molar-refractivity contribution >= 4 is 17.2 Å². The Morgan fingerprint density at radius 1 is 1.10 bits per heavy atom. The number of piperazine rings is 1. The number of piperidine rings is 1. The number of carbonyl (C=O) groups is 1. The minimum Gasteiger partial charge on any atom is -0.391 e. The lowest BCUT2D eigenvalue weighted by molar-refractivity contribution is -0.139. The quantitative estimate of drug-likeness (QED) is 0.819. The SMILES string of the molecule is CC(=O)N1CCN(Cc2cccs2)CC1C1C(O)CCCN1Cc1ccccc1. The third-order valence-electron chi connectivity index (χ3n) is 6.25. The fraction of sp³-hybridized carbons (Fsp3) is 0.522. The van der Waals surface area contributed by atoms with Gasteiger partial charge >= 0.3 is 0 Å². The summed E-state index contributed by atoms with van der Waals surface area (Å²) in [7, 11) is 0. The van der Waals surface area contributed by atoms with Gasteiger partial charge in [0.2, 0.25) is 5.91 Å². The van der Waals surface area contributed by atoms with Crippen LogP contribution in [0.5, 0.6) is 0 Å². The second kappa shape index (κ2) is 9.39. The predicted molar refractivity (Wildman–Crippen MR) is 117 cm³/mol. The van der Waals surface area contributed by atoms with E-state index >= 15 is 0 Å². The summed E-state index contributed by atoms with van der Waals surface area (Å²) in [6, 6.07) is 14.7. The first kappa shape index (κ1) is 20.5. The highest BCUT2D eigenvalue weighted by Gasteiger charge is 2.42. The highest BCUT2D eigenvalue weighted by molar-refractivity contribution is 7.09. The van der Waals surface area contributed by atoms with Gasteiger partial charge in [-0.1, -0.05) is 36.4 Å². The molecule has 6 heteroatoms. The van der Waals surface area contributed by atoms with Gasteiger partial charge in [0.15, 0.2) is 0 Å². The Kier molecular flexibility index (Phi) is 6.65. The van der Waals surface area contributed by atoms with Crippen molar-refractivity contribution in [3.8, 4) is 0 Å². The molecule has 1 amide bonds. The molecule has 5 nitrogen and oxygen atoms in total. The first-order valence-electron chi connectivity index (χ1n) is 10.6. The summed E-state index contributed by atoms with van der Waals surface area (Å²) in [6.07, 6.45) is 1.40. The fourth-order valence-electron chi connectivity index (χ4n) is 4.89. The first-order chi connectivity index (χ1) is 14.1. The zero-order chi connectivity index (χ0) is 20.2. The van der Waals surface area contributed by atoms with Crippen LogP contribution in [0.15, 0.2) is 47.8 Å². The van der Waals surface area contributed by atoms with E-state index in [0.29, 0.717) is 0 Å². The molecule has 0 spiro atoms. The highest BCUT2D eigenvalue weighted by atomic mass is 32.1. The van der Waals surface area contributed by atoms with Gasteiger partial charge in [-0.3, -0.25) is 14.6 Å². The van der Waals surface area contributed by atoms with E-state index in [1.165, 1.54) is 10.4 Å². The Bertz CT molecular complexity index is 783. The zero-order valence-corrected chi connectivity index (χ0v) is 17.9. The highest BCUT2D eigenvalue weighted by Crippen LogP contribution is 2.28. The molecule has 3 atom stereocenters. The number of rotatable bonds is 5. The number of aliphatic hydroxyl groups excluding tert-OH is 1. The third-order valence-corrected chi connectivity index (χ3v) is 7.11. The van der Waals surface area contributed by atoms with Crippen LogP contribution in [0.2, 0.25) is 0 Å². The number of likely N-dealkylation sites (tertiary alicyclic amines) is 1. The summed E-state index contributed by atoms with van der Waals surface area (Å²) >= 11 is 1.78. The van der Waals surface area contributed by atoms with E-state index in [0.717, 1.165) is 52.1 Å². The lowest BCUT2D eigenvalue weighted by atomic mass is 9.89. The molecule has 2 saturated heterocycles. The molecule has 2 aromatic rings. The van der Waals surface area contributed by atoms with E-state index in [1.54, 1.807) is 18.3 Å². The molecule has 0 bridgehead atoms. The Morgan fingerprint density at radius 2 is 1.93 bits per heavy atom. The maximum atomic E-state index is 12.5. The van der Waals surface area contributed by atoms with Crippen molar-refractivity contribution in [2.45, 2.75) is 51.0 Å². The van der Waals surface area contributed by atoms with Gasteiger partial charge in [-0.05, 0) is 36.4 Å². The average Bonchev–Trinajstić information content (AvgIpc) is 3.22. The fourth-order valence-corrected chi connectivity index (χ4v) is 5.63. The molecule has 4 rings (SSSR count). The van der Waals surface area contributed by atoms with Crippen molar-refractivity contribution in [1.29, 1.82) is 0 Å². The second-order valence-corrected chi connectivity index (χ2v) is 9.28. The molecule has 3 unspecified atom stereocenters. The molecule has 0 saturated carbocycles. The number of amides is 1. The van der Waals surface area contributed by atoms with Crippen LogP contribution < -0.4 is 0 Å². The van der Waals surface area contributed by atoms with Gasteiger partial charge < -0.3 is 10.0 Å². The molecular weight excluding hydrogens is 382 g/mol. The molecule has 0 radical (unpaired) electrons. The maximum Gasteiger partial charge on any atom is 0.219 e. The van der Waals surface area contributed by atoms with Gasteiger partial charge in [0.05, 0.1) is 18.2 Å². The van der Waals surface area contributed by atoms with Crippen molar-refractivity contribution in [3.05, 3.63) is 58.3 Å². The molecule has 156 valence electrons. The number of carbonyl (C=O) groups excluding carboxylic acids is 1. The smallest absolute Gasteiger partial charge is 0.219 e. The first-order valence-corrected chi connectivity index (χ1v) is 11.5. The summed E-state index contributed by atoms with van der Waals surface area (Å²) in [5.41, 5.74) is 1.26. The average molecular weight is 414 g/mol. The van der Waals surface area contributed by atoms with Crippen molar-refractivity contribution in [1.82, 2.24) is 14.7 Å². The van der Waals surface area contributed by atoms with E-state index in [-0.39, 0.29) is 18.0 Å². The Labute approximate surface area is 177 Å². The molecule has 2 fully saturated rings. The molecule has 2 aliphatic rings. The topological polar surface area (TPSA) is 47.0 Å². The summed E-state index contributed by atoms with van der Waals surface area (Å²) in [5, 5.41) is 13.1. The number of nitrogens with zero attached hydrogens (tertiary/aromatic N) is 3. The molecule has 1 aromatic heterocycles. The molecule has 1 aromatic carbocycles. The van der Waals surface area contributed by atoms with Crippen molar-refractivity contribution < 1.29 is 9.90 Å². The normalized spacial score (nSPS) is 26.6. The molecule has 1 N–H and O–H groups in total. The van der Waals surface area contributed by atoms with Gasteiger partial charge in [-0.2, -0.15) is 0 Å². The summed E-state index contributed by atoms with van der Waals surface area (Å²) in [6.45, 7) is 6.79. The summed E-state index contributed by atoms with van der Waals surface area (Å²) in [5.74, 6) is 0.114. The van der Waals surface area contributed by atoms with Crippen LogP contribution in [-0.2, 0) is 17.9 Å². The van der Waals surface area contributed by atoms with Crippen LogP contribution in [0.1, 0.15) is 30.2 Å². The van der Waals surface area contributed by atoms with Crippen LogP contribution in [0.3, 0.4) is 0 Å². The van der Waals surface area contributed by atoms with Gasteiger partial charge in [0.1, 0.15) is 0 Å². The number of hydrogen-bond acceptors (Lipinski definition) is 5. The van der Waals surface area contributed by atoms with Crippen LogP contribution >= 0.6 is 11.3 Å². The number of hydrogen-bond donors (Lipinski definition) is 1. The van der Waals surface area contributed by atoms with Crippen LogP contribution in [-0.4, -0.2) is 70.1 Å². The second-order valence-electron chi connectivity index (χ2n) is 8.25. The molecule has 0 aliphatic carbocycles. The Morgan fingerprint density at radius 3 is 2.66 bits per heavy atom. The van der Waals surface area contributed by atoms with Gasteiger partial charge in [-0.25, -0.2) is 0 Å². The molecule has 3 heterocycles. The monoisotopic (exact) mass is 413 g/mol. The predicted octanol–water partition coefficient (Wildman–Crippen LogP) is 2.81. The molecule has 29 heavy (non-hydrogen) atoms. The van der Waals surface area contributed by atoms with Crippen LogP contribution in [0.25, 0.3) is 0 Å². The Balaban J connectivity index is 1.55.